The van der Waals surface area contributed by atoms with Gasteiger partial charge >= 0.3 is 0 Å². The Kier molecular flexibility index (Phi) is 5.65. The highest BCUT2D eigenvalue weighted by molar-refractivity contribution is 5.87. The van der Waals surface area contributed by atoms with Crippen molar-refractivity contribution in [3.63, 3.8) is 0 Å². The van der Waals surface area contributed by atoms with E-state index in [2.05, 4.69) is 0 Å². The Balaban J connectivity index is 2.65. The maximum absolute atomic E-state index is 10.7. The molecule has 0 saturated carbocycles. The molecule has 1 aromatic carbocycles. The summed E-state index contributed by atoms with van der Waals surface area (Å²) in [6.45, 7) is 3.53. The minimum atomic E-state index is 0.0539. The predicted molar refractivity (Wildman–Crippen MR) is 75.6 cm³/mol. The lowest BCUT2D eigenvalue weighted by Crippen LogP contribution is -1.81. The van der Waals surface area contributed by atoms with Crippen LogP contribution >= 0.6 is 0 Å². The molecular weight excluding hydrogens is 224 g/mol. The number of carbonyl (C=O) groups excluding carboxylic acids is 1. The first-order valence-corrected chi connectivity index (χ1v) is 5.79. The zero-order valence-corrected chi connectivity index (χ0v) is 11.0. The molecule has 0 atom stereocenters. The standard InChI is InChI=1S/C16H18O2/c1-13(5-4-6-14(2)17)7-8-15-9-11-16(18-3)12-10-15/h4-12H,1-3H3/b6-4+,8-7+,13-5+. The second kappa shape index (κ2) is 7.28. The molecule has 0 fully saturated rings. The van der Waals surface area contributed by atoms with Crippen LogP contribution in [0.25, 0.3) is 6.08 Å². The van der Waals surface area contributed by atoms with E-state index in [0.29, 0.717) is 0 Å². The molecule has 18 heavy (non-hydrogen) atoms. The lowest BCUT2D eigenvalue weighted by atomic mass is 10.1. The molecule has 0 aliphatic heterocycles. The number of ether oxygens (including phenoxy) is 1. The largest absolute Gasteiger partial charge is 0.497 e. The molecule has 0 heterocycles. The minimum Gasteiger partial charge on any atom is -0.497 e. The number of hydrogen-bond donors (Lipinski definition) is 0. The summed E-state index contributed by atoms with van der Waals surface area (Å²) in [6.07, 6.45) is 9.24. The van der Waals surface area contributed by atoms with E-state index in [1.165, 1.54) is 6.92 Å². The van der Waals surface area contributed by atoms with Crippen LogP contribution in [0.5, 0.6) is 5.75 Å². The summed E-state index contributed by atoms with van der Waals surface area (Å²) < 4.78 is 5.09. The number of ketones is 1. The molecule has 0 aliphatic carbocycles. The van der Waals surface area contributed by atoms with Gasteiger partial charge in [0, 0.05) is 0 Å². The van der Waals surface area contributed by atoms with E-state index >= 15 is 0 Å². The van der Waals surface area contributed by atoms with Gasteiger partial charge in [-0.3, -0.25) is 4.79 Å². The van der Waals surface area contributed by atoms with Crippen LogP contribution in [0.3, 0.4) is 0 Å². The zero-order chi connectivity index (χ0) is 13.4. The molecule has 0 radical (unpaired) electrons. The lowest BCUT2D eigenvalue weighted by molar-refractivity contribution is -0.112. The smallest absolute Gasteiger partial charge is 0.152 e. The lowest BCUT2D eigenvalue weighted by Gasteiger charge is -1.99. The molecule has 0 bridgehead atoms. The number of carbonyl (C=O) groups is 1. The van der Waals surface area contributed by atoms with Crippen LogP contribution < -0.4 is 4.74 Å². The van der Waals surface area contributed by atoms with Gasteiger partial charge in [0.25, 0.3) is 0 Å². The van der Waals surface area contributed by atoms with Gasteiger partial charge < -0.3 is 4.74 Å². The van der Waals surface area contributed by atoms with Crippen LogP contribution in [0, 0.1) is 0 Å². The molecule has 0 aromatic heterocycles. The Morgan fingerprint density at radius 2 is 1.78 bits per heavy atom. The van der Waals surface area contributed by atoms with E-state index < -0.39 is 0 Å². The fraction of sp³-hybridized carbons (Fsp3) is 0.188. The van der Waals surface area contributed by atoms with Crippen LogP contribution in [0.4, 0.5) is 0 Å². The molecular formula is C16H18O2. The second-order valence-corrected chi connectivity index (χ2v) is 3.99. The Hall–Kier alpha value is -2.09. The number of methoxy groups -OCH3 is 1. The van der Waals surface area contributed by atoms with Gasteiger partial charge in [0.2, 0.25) is 0 Å². The van der Waals surface area contributed by atoms with Crippen molar-refractivity contribution in [2.75, 3.05) is 7.11 Å². The number of rotatable bonds is 5. The van der Waals surface area contributed by atoms with Gasteiger partial charge in [0.15, 0.2) is 5.78 Å². The molecule has 0 unspecified atom stereocenters. The summed E-state index contributed by atoms with van der Waals surface area (Å²) in [5, 5.41) is 0. The van der Waals surface area contributed by atoms with E-state index in [1.807, 2.05) is 49.4 Å². The SMILES string of the molecule is COc1ccc(/C=C/C(C)=C/C=C/C(C)=O)cc1. The molecule has 0 saturated heterocycles. The average molecular weight is 242 g/mol. The molecule has 0 aliphatic rings. The number of benzene rings is 1. The third kappa shape index (κ3) is 5.30. The van der Waals surface area contributed by atoms with Gasteiger partial charge in [-0.1, -0.05) is 42.0 Å². The first-order chi connectivity index (χ1) is 8.61. The number of hydrogen-bond acceptors (Lipinski definition) is 2. The highest BCUT2D eigenvalue weighted by atomic mass is 16.5. The fourth-order valence-corrected chi connectivity index (χ4v) is 1.33. The van der Waals surface area contributed by atoms with E-state index in [4.69, 9.17) is 4.74 Å². The van der Waals surface area contributed by atoms with Crippen molar-refractivity contribution in [2.45, 2.75) is 13.8 Å². The summed E-state index contributed by atoms with van der Waals surface area (Å²) in [7, 11) is 1.65. The molecule has 2 nitrogen and oxygen atoms in total. The quantitative estimate of drug-likeness (QED) is 0.580. The summed E-state index contributed by atoms with van der Waals surface area (Å²) >= 11 is 0. The van der Waals surface area contributed by atoms with Gasteiger partial charge in [-0.2, -0.15) is 0 Å². The molecule has 1 aromatic rings. The van der Waals surface area contributed by atoms with E-state index in [9.17, 15) is 4.79 Å². The van der Waals surface area contributed by atoms with Gasteiger partial charge in [0.1, 0.15) is 5.75 Å². The third-order valence-corrected chi connectivity index (χ3v) is 2.34. The maximum Gasteiger partial charge on any atom is 0.152 e. The van der Waals surface area contributed by atoms with Crippen molar-refractivity contribution in [3.05, 3.63) is 59.7 Å². The van der Waals surface area contributed by atoms with Crippen LogP contribution in [0.1, 0.15) is 19.4 Å². The van der Waals surface area contributed by atoms with Gasteiger partial charge in [-0.05, 0) is 37.6 Å². The molecule has 2 heteroatoms. The van der Waals surface area contributed by atoms with E-state index in [1.54, 1.807) is 19.3 Å². The van der Waals surface area contributed by atoms with E-state index in [-0.39, 0.29) is 5.78 Å². The zero-order valence-electron chi connectivity index (χ0n) is 11.0. The average Bonchev–Trinajstić information content (AvgIpc) is 2.36. The first-order valence-electron chi connectivity index (χ1n) is 5.79. The van der Waals surface area contributed by atoms with Crippen LogP contribution in [-0.2, 0) is 4.79 Å². The Morgan fingerprint density at radius 1 is 1.11 bits per heavy atom. The molecule has 0 amide bonds. The Morgan fingerprint density at radius 3 is 2.33 bits per heavy atom. The van der Waals surface area contributed by atoms with Crippen molar-refractivity contribution in [2.24, 2.45) is 0 Å². The molecule has 1 rings (SSSR count). The summed E-state index contributed by atoms with van der Waals surface area (Å²) in [5.74, 6) is 0.905. The van der Waals surface area contributed by atoms with Gasteiger partial charge in [-0.15, -0.1) is 0 Å². The van der Waals surface area contributed by atoms with Crippen molar-refractivity contribution in [1.29, 1.82) is 0 Å². The summed E-state index contributed by atoms with van der Waals surface area (Å²) in [6, 6.07) is 7.84. The molecule has 0 N–H and O–H groups in total. The van der Waals surface area contributed by atoms with Crippen LogP contribution in [0.15, 0.2) is 54.1 Å². The normalized spacial score (nSPS) is 12.3. The van der Waals surface area contributed by atoms with Crippen LogP contribution in [0.2, 0.25) is 0 Å². The highest BCUT2D eigenvalue weighted by Gasteiger charge is 1.89. The predicted octanol–water partition coefficient (Wildman–Crippen LogP) is 3.80. The monoisotopic (exact) mass is 242 g/mol. The first kappa shape index (κ1) is 14.0. The topological polar surface area (TPSA) is 26.3 Å². The number of allylic oxidation sites excluding steroid dienone is 5. The van der Waals surface area contributed by atoms with E-state index in [0.717, 1.165) is 16.9 Å². The van der Waals surface area contributed by atoms with Crippen molar-refractivity contribution >= 4 is 11.9 Å². The third-order valence-electron chi connectivity index (χ3n) is 2.34. The van der Waals surface area contributed by atoms with Gasteiger partial charge in [-0.25, -0.2) is 0 Å². The second-order valence-electron chi connectivity index (χ2n) is 3.99. The Labute approximate surface area is 108 Å². The van der Waals surface area contributed by atoms with Crippen LogP contribution in [-0.4, -0.2) is 12.9 Å². The Bertz CT molecular complexity index is 476. The van der Waals surface area contributed by atoms with Crippen molar-refractivity contribution in [3.8, 4) is 5.75 Å². The summed E-state index contributed by atoms with van der Waals surface area (Å²) in [4.78, 5) is 10.7. The molecule has 94 valence electrons. The maximum atomic E-state index is 10.7. The van der Waals surface area contributed by atoms with Crippen molar-refractivity contribution < 1.29 is 9.53 Å². The summed E-state index contributed by atoms with van der Waals surface area (Å²) in [5.41, 5.74) is 2.20. The van der Waals surface area contributed by atoms with Gasteiger partial charge in [0.05, 0.1) is 7.11 Å². The fourth-order valence-electron chi connectivity index (χ4n) is 1.33. The molecule has 0 spiro atoms. The minimum absolute atomic E-state index is 0.0539. The highest BCUT2D eigenvalue weighted by Crippen LogP contribution is 2.13. The van der Waals surface area contributed by atoms with Crippen molar-refractivity contribution in [1.82, 2.24) is 0 Å².